The summed E-state index contributed by atoms with van der Waals surface area (Å²) in [5.41, 5.74) is -1.68. The van der Waals surface area contributed by atoms with E-state index in [0.29, 0.717) is 23.5 Å². The molecule has 2 aliphatic carbocycles. The van der Waals surface area contributed by atoms with Crippen molar-refractivity contribution in [1.29, 1.82) is 0 Å². The molecule has 0 aromatic heterocycles. The topological polar surface area (TPSA) is 61.8 Å². The van der Waals surface area contributed by atoms with E-state index in [1.807, 2.05) is 6.08 Å². The Morgan fingerprint density at radius 3 is 2.24 bits per heavy atom. The molecule has 5 atom stereocenters. The molecule has 0 heterocycles. The van der Waals surface area contributed by atoms with Crippen molar-refractivity contribution in [3.05, 3.63) is 95.6 Å². The summed E-state index contributed by atoms with van der Waals surface area (Å²) in [7, 11) is 0.836. The third kappa shape index (κ3) is 6.91. The van der Waals surface area contributed by atoms with Crippen molar-refractivity contribution in [3.8, 4) is 0 Å². The summed E-state index contributed by atoms with van der Waals surface area (Å²) in [4.78, 5) is 26.3. The number of benzene rings is 2. The molecule has 2 fully saturated rings. The van der Waals surface area contributed by atoms with E-state index in [1.54, 1.807) is 36.4 Å². The molecule has 0 bridgehead atoms. The predicted octanol–water partition coefficient (Wildman–Crippen LogP) is 8.99. The van der Waals surface area contributed by atoms with E-state index in [0.717, 1.165) is 44.8 Å². The SMILES string of the molecule is C=C1CC[C@H]2C(C)(C)CCC[C@]2(C)[C@H]1C/C=C(\COC(=O)c1ccccc1)[C@@H](C)OC(=O)[C@](OC)(c1ccccc1)C(F)(F)F. The molecule has 0 N–H and O–H groups in total. The van der Waals surface area contributed by atoms with Crippen molar-refractivity contribution in [2.75, 3.05) is 13.7 Å². The molecule has 2 aromatic carbocycles. The second-order valence-electron chi connectivity index (χ2n) is 13.4. The molecule has 2 aromatic rings. The highest BCUT2D eigenvalue weighted by molar-refractivity contribution is 5.89. The first-order chi connectivity index (χ1) is 21.2. The molecule has 2 aliphatic rings. The molecule has 4 rings (SSSR count). The Kier molecular flexibility index (Phi) is 10.4. The fraction of sp³-hybridized carbons (Fsp3) is 0.514. The number of ether oxygens (including phenoxy) is 3. The maximum absolute atomic E-state index is 14.6. The maximum atomic E-state index is 14.6. The Morgan fingerprint density at radius 2 is 1.64 bits per heavy atom. The summed E-state index contributed by atoms with van der Waals surface area (Å²) >= 11 is 0. The fourth-order valence-electron chi connectivity index (χ4n) is 7.83. The first-order valence-corrected chi connectivity index (χ1v) is 15.6. The highest BCUT2D eigenvalue weighted by Crippen LogP contribution is 2.61. The van der Waals surface area contributed by atoms with Gasteiger partial charge in [0.25, 0.3) is 5.60 Å². The molecule has 2 saturated carbocycles. The second kappa shape index (κ2) is 13.5. The van der Waals surface area contributed by atoms with E-state index in [1.165, 1.54) is 31.2 Å². The van der Waals surface area contributed by atoms with E-state index in [-0.39, 0.29) is 23.4 Å². The zero-order chi connectivity index (χ0) is 33.0. The lowest BCUT2D eigenvalue weighted by Crippen LogP contribution is -2.52. The number of esters is 2. The number of alkyl halides is 3. The quantitative estimate of drug-likeness (QED) is 0.195. The molecular formula is C37H45F3O5. The minimum atomic E-state index is -5.11. The number of halogens is 3. The Morgan fingerprint density at radius 1 is 1.02 bits per heavy atom. The average molecular weight is 627 g/mol. The first-order valence-electron chi connectivity index (χ1n) is 15.6. The largest absolute Gasteiger partial charge is 0.457 e. The highest BCUT2D eigenvalue weighted by atomic mass is 19.4. The van der Waals surface area contributed by atoms with Gasteiger partial charge in [-0.25, -0.2) is 9.59 Å². The highest BCUT2D eigenvalue weighted by Gasteiger charge is 2.64. The van der Waals surface area contributed by atoms with E-state index in [9.17, 15) is 22.8 Å². The summed E-state index contributed by atoms with van der Waals surface area (Å²) in [5.74, 6) is -1.57. The van der Waals surface area contributed by atoms with Crippen LogP contribution in [0.1, 0.15) is 82.1 Å². The minimum absolute atomic E-state index is 0.00583. The van der Waals surface area contributed by atoms with Crippen molar-refractivity contribution >= 4 is 11.9 Å². The number of methoxy groups -OCH3 is 1. The summed E-state index contributed by atoms with van der Waals surface area (Å²) in [6.45, 7) is 12.7. The summed E-state index contributed by atoms with van der Waals surface area (Å²) in [6.07, 6.45) is 1.46. The number of allylic oxidation sites excluding steroid dienone is 2. The summed E-state index contributed by atoms with van der Waals surface area (Å²) in [6, 6.07) is 15.1. The van der Waals surface area contributed by atoms with Crippen LogP contribution in [0.2, 0.25) is 0 Å². The standard InChI is InChI=1S/C37H45F3O5/c1-25-18-21-31-34(3,4)22-13-23-35(31,5)30(25)20-19-28(24-44-32(41)27-14-9-7-10-15-27)26(2)45-33(42)36(43-6,37(38,39)40)29-16-11-8-12-17-29/h7-12,14-17,19,26,30-31H,1,13,18,20-24H2,2-6H3/b28-19+/t26-,30+,31+,35-,36-/m1/s1. The molecule has 0 amide bonds. The van der Waals surface area contributed by atoms with Gasteiger partial charge in [0, 0.05) is 18.2 Å². The number of hydrogen-bond donors (Lipinski definition) is 0. The van der Waals surface area contributed by atoms with Crippen LogP contribution in [-0.4, -0.2) is 37.9 Å². The van der Waals surface area contributed by atoms with Gasteiger partial charge >= 0.3 is 18.1 Å². The molecule has 0 unspecified atom stereocenters. The van der Waals surface area contributed by atoms with Crippen LogP contribution in [0.4, 0.5) is 13.2 Å². The maximum Gasteiger partial charge on any atom is 0.432 e. The van der Waals surface area contributed by atoms with E-state index in [2.05, 4.69) is 27.4 Å². The molecular weight excluding hydrogens is 581 g/mol. The van der Waals surface area contributed by atoms with Gasteiger partial charge in [0.15, 0.2) is 0 Å². The van der Waals surface area contributed by atoms with Crippen LogP contribution in [0.25, 0.3) is 0 Å². The average Bonchev–Trinajstić information content (AvgIpc) is 2.98. The van der Waals surface area contributed by atoms with Gasteiger partial charge in [0.05, 0.1) is 5.56 Å². The molecule has 8 heteroatoms. The summed E-state index contributed by atoms with van der Waals surface area (Å²) in [5, 5.41) is 0. The van der Waals surface area contributed by atoms with Crippen molar-refractivity contribution in [3.63, 3.8) is 0 Å². The number of hydrogen-bond acceptors (Lipinski definition) is 5. The predicted molar refractivity (Wildman–Crippen MR) is 167 cm³/mol. The van der Waals surface area contributed by atoms with E-state index >= 15 is 0 Å². The first kappa shape index (κ1) is 34.5. The van der Waals surface area contributed by atoms with Crippen LogP contribution in [0.3, 0.4) is 0 Å². The zero-order valence-electron chi connectivity index (χ0n) is 26.9. The van der Waals surface area contributed by atoms with E-state index < -0.39 is 35.4 Å². The van der Waals surface area contributed by atoms with Crippen LogP contribution in [0, 0.1) is 22.7 Å². The Labute approximate surface area is 264 Å². The normalized spacial score (nSPS) is 25.4. The summed E-state index contributed by atoms with van der Waals surface area (Å²) < 4.78 is 59.8. The van der Waals surface area contributed by atoms with Crippen LogP contribution in [-0.2, 0) is 24.6 Å². The third-order valence-corrected chi connectivity index (χ3v) is 10.3. The second-order valence-corrected chi connectivity index (χ2v) is 13.4. The molecule has 244 valence electrons. The van der Waals surface area contributed by atoms with Crippen molar-refractivity contribution in [2.24, 2.45) is 22.7 Å². The molecule has 0 saturated heterocycles. The van der Waals surface area contributed by atoms with Gasteiger partial charge in [-0.3, -0.25) is 0 Å². The monoisotopic (exact) mass is 626 g/mol. The smallest absolute Gasteiger partial charge is 0.432 e. The lowest BCUT2D eigenvalue weighted by molar-refractivity contribution is -0.277. The van der Waals surface area contributed by atoms with Crippen molar-refractivity contribution in [2.45, 2.75) is 84.1 Å². The number of rotatable bonds is 10. The Balaban J connectivity index is 1.65. The van der Waals surface area contributed by atoms with Gasteiger partial charge in [-0.05, 0) is 73.8 Å². The van der Waals surface area contributed by atoms with Crippen LogP contribution in [0.5, 0.6) is 0 Å². The van der Waals surface area contributed by atoms with Gasteiger partial charge in [-0.1, -0.05) is 94.0 Å². The lowest BCUT2D eigenvalue weighted by Gasteiger charge is -2.58. The minimum Gasteiger partial charge on any atom is -0.457 e. The molecule has 0 spiro atoms. The number of fused-ring (bicyclic) bond motifs is 1. The molecule has 45 heavy (non-hydrogen) atoms. The molecule has 0 aliphatic heterocycles. The fourth-order valence-corrected chi connectivity index (χ4v) is 7.83. The van der Waals surface area contributed by atoms with Crippen LogP contribution >= 0.6 is 0 Å². The zero-order valence-corrected chi connectivity index (χ0v) is 26.9. The lowest BCUT2D eigenvalue weighted by atomic mass is 9.47. The van der Waals surface area contributed by atoms with Gasteiger partial charge < -0.3 is 14.2 Å². The van der Waals surface area contributed by atoms with Crippen molar-refractivity contribution < 1.29 is 37.0 Å². The van der Waals surface area contributed by atoms with Gasteiger partial charge in [0.2, 0.25) is 0 Å². The number of carbonyl (C=O) groups is 2. The Hall–Kier alpha value is -3.39. The van der Waals surface area contributed by atoms with Gasteiger partial charge in [-0.15, -0.1) is 0 Å². The van der Waals surface area contributed by atoms with Crippen molar-refractivity contribution in [1.82, 2.24) is 0 Å². The Bertz CT molecular complexity index is 1380. The van der Waals surface area contributed by atoms with Crippen LogP contribution in [0.15, 0.2) is 84.5 Å². The van der Waals surface area contributed by atoms with Crippen LogP contribution < -0.4 is 0 Å². The third-order valence-electron chi connectivity index (χ3n) is 10.3. The van der Waals surface area contributed by atoms with Gasteiger partial charge in [0.1, 0.15) is 12.7 Å². The van der Waals surface area contributed by atoms with Gasteiger partial charge in [-0.2, -0.15) is 13.2 Å². The number of carbonyl (C=O) groups excluding carboxylic acids is 2. The molecule has 0 radical (unpaired) electrons. The van der Waals surface area contributed by atoms with E-state index in [4.69, 9.17) is 14.2 Å². The molecule has 5 nitrogen and oxygen atoms in total.